The standard InChI is InChI=1S/C31H40N4O/c1-18-6-8-26(9-7-18)35-30-29(21(4)34-35)19(2)27(20(3)32-30)10-11-28(36)33-22(5)31-15-23-12-24(16-31)14-25(13-23)17-31/h6-9,22-25H,10-17H2,1-5H3,(H,33,36)/t22-,23?,24?,25?,31?/m1/s1. The number of amides is 1. The van der Waals surface area contributed by atoms with Crippen LogP contribution >= 0.6 is 0 Å². The minimum atomic E-state index is 0.184. The molecule has 0 spiro atoms. The van der Waals surface area contributed by atoms with E-state index in [-0.39, 0.29) is 11.9 Å². The van der Waals surface area contributed by atoms with E-state index in [1.807, 2.05) is 4.68 Å². The molecule has 2 heterocycles. The summed E-state index contributed by atoms with van der Waals surface area (Å²) in [6.45, 7) is 10.7. The fourth-order valence-electron chi connectivity index (χ4n) is 8.35. The van der Waals surface area contributed by atoms with E-state index in [1.165, 1.54) is 55.2 Å². The summed E-state index contributed by atoms with van der Waals surface area (Å²) in [6.07, 6.45) is 9.51. The highest BCUT2D eigenvalue weighted by atomic mass is 16.1. The Hall–Kier alpha value is -2.69. The molecule has 1 amide bonds. The molecule has 4 aliphatic carbocycles. The van der Waals surface area contributed by atoms with Crippen molar-refractivity contribution in [1.29, 1.82) is 0 Å². The Morgan fingerprint density at radius 2 is 1.61 bits per heavy atom. The van der Waals surface area contributed by atoms with Gasteiger partial charge in [-0.25, -0.2) is 9.67 Å². The lowest BCUT2D eigenvalue weighted by Gasteiger charge is -2.59. The van der Waals surface area contributed by atoms with E-state index in [2.05, 4.69) is 64.2 Å². The molecule has 0 radical (unpaired) electrons. The van der Waals surface area contributed by atoms with Crippen molar-refractivity contribution in [2.45, 2.75) is 92.0 Å². The van der Waals surface area contributed by atoms with Gasteiger partial charge >= 0.3 is 0 Å². The van der Waals surface area contributed by atoms with Crippen LogP contribution in [0.3, 0.4) is 0 Å². The number of nitrogens with one attached hydrogen (secondary N) is 1. The number of hydrogen-bond acceptors (Lipinski definition) is 3. The molecule has 36 heavy (non-hydrogen) atoms. The monoisotopic (exact) mass is 484 g/mol. The number of fused-ring (bicyclic) bond motifs is 1. The smallest absolute Gasteiger partial charge is 0.220 e. The number of carbonyl (C=O) groups is 1. The van der Waals surface area contributed by atoms with Crippen LogP contribution in [-0.4, -0.2) is 26.7 Å². The molecule has 0 unspecified atom stereocenters. The lowest BCUT2D eigenvalue weighted by molar-refractivity contribution is -0.125. The summed E-state index contributed by atoms with van der Waals surface area (Å²) >= 11 is 0. The molecule has 7 rings (SSSR count). The van der Waals surface area contributed by atoms with E-state index < -0.39 is 0 Å². The summed E-state index contributed by atoms with van der Waals surface area (Å²) in [5.41, 5.74) is 7.86. The van der Waals surface area contributed by atoms with Crippen LogP contribution in [-0.2, 0) is 11.2 Å². The van der Waals surface area contributed by atoms with Crippen molar-refractivity contribution in [3.8, 4) is 5.69 Å². The molecule has 3 aromatic rings. The largest absolute Gasteiger partial charge is 0.353 e. The SMILES string of the molecule is Cc1ccc(-n2nc(C)c3c(C)c(CCC(=O)N[C@H](C)C45CC6CC(CC(C6)C4)C5)c(C)nc32)cc1. The van der Waals surface area contributed by atoms with Crippen LogP contribution in [0, 0.1) is 50.9 Å². The summed E-state index contributed by atoms with van der Waals surface area (Å²) in [7, 11) is 0. The first kappa shape index (κ1) is 23.7. The van der Waals surface area contributed by atoms with Gasteiger partial charge in [0.05, 0.1) is 11.4 Å². The molecule has 2 aromatic heterocycles. The molecule has 4 bridgehead atoms. The summed E-state index contributed by atoms with van der Waals surface area (Å²) in [5.74, 6) is 2.90. The van der Waals surface area contributed by atoms with E-state index in [0.29, 0.717) is 11.8 Å². The first-order valence-electron chi connectivity index (χ1n) is 13.9. The fraction of sp³-hybridized carbons (Fsp3) is 0.581. The predicted molar refractivity (Wildman–Crippen MR) is 144 cm³/mol. The van der Waals surface area contributed by atoms with Gasteiger partial charge < -0.3 is 5.32 Å². The quantitative estimate of drug-likeness (QED) is 0.446. The van der Waals surface area contributed by atoms with Gasteiger partial charge in [-0.15, -0.1) is 0 Å². The minimum absolute atomic E-state index is 0.184. The second-order valence-electron chi connectivity index (χ2n) is 12.4. The zero-order valence-electron chi connectivity index (χ0n) is 22.5. The van der Waals surface area contributed by atoms with Crippen molar-refractivity contribution in [3.63, 3.8) is 0 Å². The Bertz CT molecular complexity index is 1280. The Balaban J connectivity index is 1.18. The summed E-state index contributed by atoms with van der Waals surface area (Å²) in [4.78, 5) is 18.1. The van der Waals surface area contributed by atoms with Crippen LogP contribution in [0.2, 0.25) is 0 Å². The third-order valence-corrected chi connectivity index (χ3v) is 9.84. The third-order valence-electron chi connectivity index (χ3n) is 9.84. The van der Waals surface area contributed by atoms with Crippen LogP contribution in [0.25, 0.3) is 16.7 Å². The van der Waals surface area contributed by atoms with E-state index >= 15 is 0 Å². The molecule has 5 nitrogen and oxygen atoms in total. The van der Waals surface area contributed by atoms with Crippen LogP contribution in [0.1, 0.15) is 79.9 Å². The molecule has 4 saturated carbocycles. The molecule has 4 fully saturated rings. The van der Waals surface area contributed by atoms with Crippen molar-refractivity contribution in [2.24, 2.45) is 23.2 Å². The van der Waals surface area contributed by atoms with Crippen LogP contribution in [0.15, 0.2) is 24.3 Å². The van der Waals surface area contributed by atoms with Gasteiger partial charge in [-0.05, 0) is 126 Å². The molecule has 1 N–H and O–H groups in total. The van der Waals surface area contributed by atoms with E-state index in [9.17, 15) is 4.79 Å². The topological polar surface area (TPSA) is 59.8 Å². The first-order chi connectivity index (χ1) is 17.2. The molecule has 4 aliphatic rings. The minimum Gasteiger partial charge on any atom is -0.353 e. The average Bonchev–Trinajstić information content (AvgIpc) is 3.14. The number of pyridine rings is 1. The van der Waals surface area contributed by atoms with E-state index in [0.717, 1.165) is 52.3 Å². The maximum Gasteiger partial charge on any atom is 0.220 e. The Labute approximate surface area is 215 Å². The lowest BCUT2D eigenvalue weighted by atomic mass is 9.48. The molecular formula is C31H40N4O. The molecule has 0 aliphatic heterocycles. The second-order valence-corrected chi connectivity index (χ2v) is 12.4. The number of nitrogens with zero attached hydrogens (tertiary/aromatic N) is 3. The number of rotatable bonds is 6. The van der Waals surface area contributed by atoms with Crippen LogP contribution in [0.5, 0.6) is 0 Å². The number of hydrogen-bond donors (Lipinski definition) is 1. The van der Waals surface area contributed by atoms with Crippen LogP contribution in [0.4, 0.5) is 0 Å². The zero-order chi connectivity index (χ0) is 25.2. The predicted octanol–water partition coefficient (Wildman–Crippen LogP) is 6.31. The average molecular weight is 485 g/mol. The highest BCUT2D eigenvalue weighted by molar-refractivity contribution is 5.85. The maximum atomic E-state index is 13.1. The van der Waals surface area contributed by atoms with Crippen LogP contribution < -0.4 is 5.32 Å². The van der Waals surface area contributed by atoms with Crippen molar-refractivity contribution in [3.05, 3.63) is 52.3 Å². The highest BCUT2D eigenvalue weighted by Gasteiger charge is 2.53. The Kier molecular flexibility index (Phi) is 5.73. The van der Waals surface area contributed by atoms with Crippen molar-refractivity contribution < 1.29 is 4.79 Å². The fourth-order valence-corrected chi connectivity index (χ4v) is 8.35. The van der Waals surface area contributed by atoms with Crippen molar-refractivity contribution in [2.75, 3.05) is 0 Å². The van der Waals surface area contributed by atoms with Gasteiger partial charge in [-0.3, -0.25) is 4.79 Å². The molecule has 0 saturated heterocycles. The molecular weight excluding hydrogens is 444 g/mol. The van der Waals surface area contributed by atoms with Gasteiger partial charge in [0.1, 0.15) is 0 Å². The molecule has 190 valence electrons. The molecule has 5 heteroatoms. The van der Waals surface area contributed by atoms with Gasteiger partial charge in [0, 0.05) is 23.5 Å². The van der Waals surface area contributed by atoms with Gasteiger partial charge in [0.2, 0.25) is 5.91 Å². The third kappa shape index (κ3) is 3.95. The Morgan fingerprint density at radius 3 is 2.22 bits per heavy atom. The zero-order valence-corrected chi connectivity index (χ0v) is 22.5. The number of aryl methyl sites for hydroxylation is 4. The summed E-state index contributed by atoms with van der Waals surface area (Å²) < 4.78 is 1.95. The highest BCUT2D eigenvalue weighted by Crippen LogP contribution is 2.61. The molecule has 1 aromatic carbocycles. The van der Waals surface area contributed by atoms with Crippen molar-refractivity contribution in [1.82, 2.24) is 20.1 Å². The van der Waals surface area contributed by atoms with Gasteiger partial charge in [0.25, 0.3) is 0 Å². The van der Waals surface area contributed by atoms with E-state index in [1.54, 1.807) is 0 Å². The van der Waals surface area contributed by atoms with Gasteiger partial charge in [-0.1, -0.05) is 17.7 Å². The number of benzene rings is 1. The number of carbonyl (C=O) groups excluding carboxylic acids is 1. The first-order valence-corrected chi connectivity index (χ1v) is 13.9. The summed E-state index contributed by atoms with van der Waals surface area (Å²) in [6, 6.07) is 8.68. The van der Waals surface area contributed by atoms with Gasteiger partial charge in [-0.2, -0.15) is 5.10 Å². The molecule has 1 atom stereocenters. The number of aromatic nitrogens is 3. The normalized spacial score (nSPS) is 27.5. The van der Waals surface area contributed by atoms with E-state index in [4.69, 9.17) is 10.1 Å². The lowest BCUT2D eigenvalue weighted by Crippen LogP contribution is -2.55. The maximum absolute atomic E-state index is 13.1. The Morgan fingerprint density at radius 1 is 1.00 bits per heavy atom. The summed E-state index contributed by atoms with van der Waals surface area (Å²) in [5, 5.41) is 9.39. The van der Waals surface area contributed by atoms with Gasteiger partial charge in [0.15, 0.2) is 5.65 Å². The second kappa shape index (κ2) is 8.71. The van der Waals surface area contributed by atoms with Crippen molar-refractivity contribution >= 4 is 16.9 Å².